The van der Waals surface area contributed by atoms with Crippen molar-refractivity contribution in [1.82, 2.24) is 24.6 Å². The van der Waals surface area contributed by atoms with Crippen molar-refractivity contribution in [2.24, 2.45) is 0 Å². The van der Waals surface area contributed by atoms with E-state index in [1.807, 2.05) is 42.6 Å². The predicted molar refractivity (Wildman–Crippen MR) is 95.1 cm³/mol. The fourth-order valence-electron chi connectivity index (χ4n) is 2.53. The molecule has 0 aliphatic rings. The minimum Gasteiger partial charge on any atom is -0.361 e. The van der Waals surface area contributed by atoms with E-state index in [2.05, 4.69) is 39.2 Å². The average molecular weight is 336 g/mol. The van der Waals surface area contributed by atoms with Crippen LogP contribution in [0.5, 0.6) is 0 Å². The van der Waals surface area contributed by atoms with Crippen LogP contribution in [0.25, 0.3) is 17.0 Å². The molecule has 1 aromatic carbocycles. The zero-order chi connectivity index (χ0) is 16.5. The Bertz CT molecular complexity index is 975. The number of nitrogens with zero attached hydrogens (tertiary/aromatic N) is 5. The van der Waals surface area contributed by atoms with E-state index >= 15 is 0 Å². The summed E-state index contributed by atoms with van der Waals surface area (Å²) in [6, 6.07) is 12.1. The zero-order valence-electron chi connectivity index (χ0n) is 13.3. The van der Waals surface area contributed by atoms with Crippen molar-refractivity contribution >= 4 is 22.9 Å². The lowest BCUT2D eigenvalue weighted by Gasteiger charge is -2.14. The van der Waals surface area contributed by atoms with Crippen LogP contribution in [-0.2, 0) is 0 Å². The highest BCUT2D eigenvalue weighted by Gasteiger charge is 2.14. The number of nitrogens with one attached hydrogen (secondary N) is 1. The molecule has 0 saturated carbocycles. The molecular formula is C17H16N6S. The van der Waals surface area contributed by atoms with Crippen molar-refractivity contribution in [3.63, 3.8) is 0 Å². The van der Waals surface area contributed by atoms with Gasteiger partial charge in [0, 0.05) is 22.7 Å². The summed E-state index contributed by atoms with van der Waals surface area (Å²) in [6.07, 6.45) is 3.41. The summed E-state index contributed by atoms with van der Waals surface area (Å²) in [6.45, 7) is 4.15. The van der Waals surface area contributed by atoms with Gasteiger partial charge in [0.1, 0.15) is 17.2 Å². The van der Waals surface area contributed by atoms with Crippen LogP contribution >= 0.6 is 11.3 Å². The van der Waals surface area contributed by atoms with Gasteiger partial charge < -0.3 is 5.32 Å². The molecule has 0 bridgehead atoms. The molecule has 0 aliphatic heterocycles. The molecular weight excluding hydrogens is 320 g/mol. The molecule has 3 aromatic heterocycles. The smallest absolute Gasteiger partial charge is 0.254 e. The summed E-state index contributed by atoms with van der Waals surface area (Å²) in [4.78, 5) is 14.5. The summed E-state index contributed by atoms with van der Waals surface area (Å²) < 4.78 is 1.71. The fraction of sp³-hybridized carbons (Fsp3) is 0.176. The Kier molecular flexibility index (Phi) is 3.70. The second-order valence-electron chi connectivity index (χ2n) is 5.54. The maximum atomic E-state index is 4.59. The SMILES string of the molecule is Cc1cnc(C(C)Nc2cc(-c3ccccc3)nc3ncnn23)s1. The van der Waals surface area contributed by atoms with Gasteiger partial charge in [0.25, 0.3) is 5.78 Å². The highest BCUT2D eigenvalue weighted by molar-refractivity contribution is 7.11. The molecule has 3 heterocycles. The first-order chi connectivity index (χ1) is 11.7. The molecule has 120 valence electrons. The molecule has 1 atom stereocenters. The Morgan fingerprint density at radius 2 is 2.00 bits per heavy atom. The minimum atomic E-state index is 0.0714. The Labute approximate surface area is 143 Å². The monoisotopic (exact) mass is 336 g/mol. The van der Waals surface area contributed by atoms with Gasteiger partial charge in [-0.05, 0) is 13.8 Å². The van der Waals surface area contributed by atoms with Crippen LogP contribution in [0.4, 0.5) is 5.82 Å². The van der Waals surface area contributed by atoms with Gasteiger partial charge in [-0.3, -0.25) is 0 Å². The van der Waals surface area contributed by atoms with E-state index in [9.17, 15) is 0 Å². The highest BCUT2D eigenvalue weighted by atomic mass is 32.1. The second kappa shape index (κ2) is 6.01. The summed E-state index contributed by atoms with van der Waals surface area (Å²) >= 11 is 1.69. The molecule has 0 amide bonds. The van der Waals surface area contributed by atoms with Gasteiger partial charge in [-0.25, -0.2) is 9.97 Å². The van der Waals surface area contributed by atoms with Crippen LogP contribution in [0.15, 0.2) is 48.9 Å². The molecule has 7 heteroatoms. The Hall–Kier alpha value is -2.80. The molecule has 1 unspecified atom stereocenters. The fourth-order valence-corrected chi connectivity index (χ4v) is 3.30. The summed E-state index contributed by atoms with van der Waals surface area (Å²) in [5.74, 6) is 1.41. The maximum absolute atomic E-state index is 4.59. The molecule has 0 saturated heterocycles. The van der Waals surface area contributed by atoms with Gasteiger partial charge in [-0.1, -0.05) is 30.3 Å². The van der Waals surface area contributed by atoms with E-state index in [-0.39, 0.29) is 6.04 Å². The second-order valence-corrected chi connectivity index (χ2v) is 6.81. The minimum absolute atomic E-state index is 0.0714. The van der Waals surface area contributed by atoms with E-state index in [0.717, 1.165) is 22.1 Å². The van der Waals surface area contributed by atoms with Crippen molar-refractivity contribution < 1.29 is 0 Å². The van der Waals surface area contributed by atoms with Crippen molar-refractivity contribution in [1.29, 1.82) is 0 Å². The largest absolute Gasteiger partial charge is 0.361 e. The van der Waals surface area contributed by atoms with Crippen LogP contribution in [0.1, 0.15) is 22.9 Å². The number of aryl methyl sites for hydroxylation is 1. The molecule has 4 rings (SSSR count). The molecule has 1 N–H and O–H groups in total. The number of aromatic nitrogens is 5. The van der Waals surface area contributed by atoms with Crippen molar-refractivity contribution in [2.75, 3.05) is 5.32 Å². The Morgan fingerprint density at radius 3 is 2.75 bits per heavy atom. The third-order valence-corrected chi connectivity index (χ3v) is 4.79. The van der Waals surface area contributed by atoms with Crippen molar-refractivity contribution in [3.8, 4) is 11.3 Å². The topological polar surface area (TPSA) is 68.0 Å². The number of fused-ring (bicyclic) bond motifs is 1. The van der Waals surface area contributed by atoms with E-state index < -0.39 is 0 Å². The third-order valence-electron chi connectivity index (χ3n) is 3.70. The molecule has 0 aliphatic carbocycles. The molecule has 6 nitrogen and oxygen atoms in total. The Balaban J connectivity index is 1.75. The number of rotatable bonds is 4. The van der Waals surface area contributed by atoms with Crippen LogP contribution < -0.4 is 5.32 Å². The first-order valence-electron chi connectivity index (χ1n) is 7.66. The van der Waals surface area contributed by atoms with Gasteiger partial charge in [0.15, 0.2) is 0 Å². The van der Waals surface area contributed by atoms with E-state index in [0.29, 0.717) is 5.78 Å². The quantitative estimate of drug-likeness (QED) is 0.615. The molecule has 0 spiro atoms. The van der Waals surface area contributed by atoms with Gasteiger partial charge in [0.05, 0.1) is 11.7 Å². The average Bonchev–Trinajstić information content (AvgIpc) is 3.24. The van der Waals surface area contributed by atoms with E-state index in [4.69, 9.17) is 0 Å². The molecule has 4 aromatic rings. The molecule has 0 radical (unpaired) electrons. The summed E-state index contributed by atoms with van der Waals surface area (Å²) in [5, 5.41) is 8.79. The number of thiazole rings is 1. The number of hydrogen-bond donors (Lipinski definition) is 1. The first kappa shape index (κ1) is 14.8. The normalized spacial score (nSPS) is 12.4. The van der Waals surface area contributed by atoms with Crippen molar-refractivity contribution in [3.05, 3.63) is 58.8 Å². The summed E-state index contributed by atoms with van der Waals surface area (Å²) in [5.41, 5.74) is 1.91. The zero-order valence-corrected chi connectivity index (χ0v) is 14.2. The van der Waals surface area contributed by atoms with Crippen LogP contribution in [-0.4, -0.2) is 24.6 Å². The van der Waals surface area contributed by atoms with Crippen molar-refractivity contribution in [2.45, 2.75) is 19.9 Å². The maximum Gasteiger partial charge on any atom is 0.254 e. The van der Waals surface area contributed by atoms with Crippen LogP contribution in [0.3, 0.4) is 0 Å². The first-order valence-corrected chi connectivity index (χ1v) is 8.47. The summed E-state index contributed by atoms with van der Waals surface area (Å²) in [7, 11) is 0. The molecule has 0 fully saturated rings. The van der Waals surface area contributed by atoms with Crippen LogP contribution in [0.2, 0.25) is 0 Å². The highest BCUT2D eigenvalue weighted by Crippen LogP contribution is 2.26. The van der Waals surface area contributed by atoms with Gasteiger partial charge in [-0.2, -0.15) is 14.6 Å². The number of anilines is 1. The standard InChI is InChI=1S/C17H16N6S/c1-11-9-18-16(24-11)12(2)21-15-8-14(13-6-4-3-5-7-13)22-17-19-10-20-23(15)17/h3-10,12,21H,1-2H3. The Morgan fingerprint density at radius 1 is 1.17 bits per heavy atom. The van der Waals surface area contributed by atoms with E-state index in [1.165, 1.54) is 11.2 Å². The lowest BCUT2D eigenvalue weighted by molar-refractivity contribution is 0.832. The van der Waals surface area contributed by atoms with E-state index in [1.54, 1.807) is 15.9 Å². The number of benzene rings is 1. The lowest BCUT2D eigenvalue weighted by Crippen LogP contribution is -2.11. The van der Waals surface area contributed by atoms with Gasteiger partial charge in [0.2, 0.25) is 0 Å². The predicted octanol–water partition coefficient (Wildman–Crippen LogP) is 3.73. The third kappa shape index (κ3) is 2.74. The van der Waals surface area contributed by atoms with Gasteiger partial charge in [-0.15, -0.1) is 11.3 Å². The molecule has 24 heavy (non-hydrogen) atoms. The lowest BCUT2D eigenvalue weighted by atomic mass is 10.1. The number of hydrogen-bond acceptors (Lipinski definition) is 6. The van der Waals surface area contributed by atoms with Crippen LogP contribution in [0, 0.1) is 6.92 Å². The van der Waals surface area contributed by atoms with Gasteiger partial charge >= 0.3 is 0 Å².